The van der Waals surface area contributed by atoms with E-state index in [1.54, 1.807) is 6.92 Å². The van der Waals surface area contributed by atoms with Gasteiger partial charge in [-0.1, -0.05) is 0 Å². The van der Waals surface area contributed by atoms with Crippen LogP contribution in [-0.2, 0) is 0 Å². The predicted octanol–water partition coefficient (Wildman–Crippen LogP) is -3.04. The first-order chi connectivity index (χ1) is 2.41. The van der Waals surface area contributed by atoms with Crippen molar-refractivity contribution in [1.82, 2.24) is 0 Å². The minimum atomic E-state index is 0. The molecule has 0 rings (SSSR count). The van der Waals surface area contributed by atoms with Gasteiger partial charge in [0.2, 0.25) is 0 Å². The Morgan fingerprint density at radius 3 is 1.43 bits per heavy atom. The van der Waals surface area contributed by atoms with Gasteiger partial charge in [0.05, 0.1) is 11.9 Å². The molecule has 0 amide bonds. The molecule has 0 spiro atoms. The van der Waals surface area contributed by atoms with Crippen LogP contribution in [0.25, 0.3) is 0 Å². The summed E-state index contributed by atoms with van der Waals surface area (Å²) in [7, 11) is 0. The van der Waals surface area contributed by atoms with Crippen LogP contribution in [0, 0.1) is 0 Å². The quantitative estimate of drug-likeness (QED) is 0.350. The van der Waals surface area contributed by atoms with E-state index in [9.17, 15) is 0 Å². The fourth-order valence-electron chi connectivity index (χ4n) is 0. The zero-order valence-electron chi connectivity index (χ0n) is 4.43. The van der Waals surface area contributed by atoms with Gasteiger partial charge in [-0.25, -0.2) is 0 Å². The largest absolute Gasteiger partial charge is 1.00 e. The van der Waals surface area contributed by atoms with Gasteiger partial charge in [-0.2, -0.15) is 0 Å². The molecule has 0 aliphatic carbocycles. The predicted molar refractivity (Wildman–Crippen MR) is 22.8 cm³/mol. The van der Waals surface area contributed by atoms with E-state index in [1.807, 2.05) is 0 Å². The zero-order valence-corrected chi connectivity index (χ0v) is 7.18. The average Bonchev–Trinajstić information content (AvgIpc) is 1.46. The first-order valence-electron chi connectivity index (χ1n) is 1.19. The Bertz CT molecular complexity index is 12.9. The van der Waals surface area contributed by atoms with Crippen molar-refractivity contribution in [2.75, 3.05) is 6.61 Å². The van der Waals surface area contributed by atoms with Gasteiger partial charge >= 0.3 is 29.6 Å². The molecule has 0 saturated carbocycles. The third kappa shape index (κ3) is 140. The SMILES string of the molecule is CCO.OCl.[Na+].[OH-]. The summed E-state index contributed by atoms with van der Waals surface area (Å²) < 4.78 is 6.47. The molecule has 0 aromatic carbocycles. The molecule has 3 nitrogen and oxygen atoms in total. The molecule has 0 fully saturated rings. The van der Waals surface area contributed by atoms with Gasteiger partial charge in [0, 0.05) is 6.61 Å². The van der Waals surface area contributed by atoms with Crippen LogP contribution >= 0.6 is 11.9 Å². The Kier molecular flexibility index (Phi) is 200. The van der Waals surface area contributed by atoms with Crippen LogP contribution < -0.4 is 29.6 Å². The maximum Gasteiger partial charge on any atom is 1.00 e. The van der Waals surface area contributed by atoms with Crippen molar-refractivity contribution in [3.63, 3.8) is 0 Å². The Labute approximate surface area is 70.1 Å². The second-order valence-corrected chi connectivity index (χ2v) is 0.316. The van der Waals surface area contributed by atoms with E-state index >= 15 is 0 Å². The van der Waals surface area contributed by atoms with Crippen molar-refractivity contribution in [2.24, 2.45) is 0 Å². The molecule has 0 aromatic rings. The summed E-state index contributed by atoms with van der Waals surface area (Å²) in [6.45, 7) is 1.93. The first kappa shape index (κ1) is 24.2. The van der Waals surface area contributed by atoms with E-state index in [4.69, 9.17) is 9.77 Å². The van der Waals surface area contributed by atoms with Crippen LogP contribution in [-0.4, -0.2) is 21.8 Å². The first-order valence-corrected chi connectivity index (χ1v) is 1.53. The number of aliphatic hydroxyl groups is 1. The van der Waals surface area contributed by atoms with Crippen molar-refractivity contribution in [1.29, 1.82) is 0 Å². The minimum Gasteiger partial charge on any atom is -0.870 e. The average molecular weight is 139 g/mol. The number of hydrogen-bond acceptors (Lipinski definition) is 3. The molecule has 7 heavy (non-hydrogen) atoms. The molecule has 0 saturated heterocycles. The fraction of sp³-hybridized carbons (Fsp3) is 1.00. The van der Waals surface area contributed by atoms with E-state index < -0.39 is 0 Å². The molecule has 0 unspecified atom stereocenters. The summed E-state index contributed by atoms with van der Waals surface area (Å²) in [5, 5.41) is 7.57. The molecular weight excluding hydrogens is 130 g/mol. The van der Waals surface area contributed by atoms with Crippen molar-refractivity contribution in [3.05, 3.63) is 0 Å². The van der Waals surface area contributed by atoms with Gasteiger partial charge in [0.15, 0.2) is 0 Å². The molecule has 42 valence electrons. The molecule has 0 heterocycles. The van der Waals surface area contributed by atoms with Gasteiger partial charge in [0.25, 0.3) is 0 Å². The number of hydrogen-bond donors (Lipinski definition) is 2. The smallest absolute Gasteiger partial charge is 0.870 e. The standard InChI is InChI=1S/C2H6O.ClHO.Na.H2O/c1-2-3;1-2;;/h3H,2H2,1H3;2H;;1H2/q;;+1;/p-1. The summed E-state index contributed by atoms with van der Waals surface area (Å²) in [6.07, 6.45) is 0. The topological polar surface area (TPSA) is 70.5 Å². The molecule has 5 heteroatoms. The third-order valence-electron chi connectivity index (χ3n) is 0. The maximum atomic E-state index is 7.57. The van der Waals surface area contributed by atoms with Crippen LogP contribution in [0.5, 0.6) is 0 Å². The van der Waals surface area contributed by atoms with E-state index in [0.717, 1.165) is 0 Å². The van der Waals surface area contributed by atoms with Crippen LogP contribution in [0.15, 0.2) is 0 Å². The zero-order chi connectivity index (χ0) is 4.71. The van der Waals surface area contributed by atoms with E-state index in [-0.39, 0.29) is 41.6 Å². The molecule has 0 atom stereocenters. The van der Waals surface area contributed by atoms with Gasteiger partial charge in [-0.15, -0.1) is 0 Å². The fourth-order valence-corrected chi connectivity index (χ4v) is 0. The van der Waals surface area contributed by atoms with Gasteiger partial charge in [-0.3, -0.25) is 4.66 Å². The van der Waals surface area contributed by atoms with Crippen LogP contribution in [0.4, 0.5) is 0 Å². The van der Waals surface area contributed by atoms with Crippen molar-refractivity contribution in [2.45, 2.75) is 6.92 Å². The Balaban J connectivity index is -0.0000000105. The van der Waals surface area contributed by atoms with E-state index in [2.05, 4.69) is 11.9 Å². The molecule has 0 aliphatic rings. The van der Waals surface area contributed by atoms with E-state index in [1.165, 1.54) is 0 Å². The number of aliphatic hydroxyl groups excluding tert-OH is 1. The molecular formula is C2H8ClNaO3. The van der Waals surface area contributed by atoms with Crippen molar-refractivity contribution < 1.29 is 44.8 Å². The van der Waals surface area contributed by atoms with Crippen molar-refractivity contribution in [3.8, 4) is 0 Å². The number of halogens is 1. The molecule has 0 radical (unpaired) electrons. The monoisotopic (exact) mass is 138 g/mol. The third-order valence-corrected chi connectivity index (χ3v) is 0. The minimum absolute atomic E-state index is 0. The summed E-state index contributed by atoms with van der Waals surface area (Å²) in [4.78, 5) is 0. The van der Waals surface area contributed by atoms with Gasteiger partial charge in [-0.05, 0) is 6.92 Å². The van der Waals surface area contributed by atoms with Crippen LogP contribution in [0.2, 0.25) is 0 Å². The molecule has 0 aliphatic heterocycles. The summed E-state index contributed by atoms with van der Waals surface area (Å²) in [6, 6.07) is 0. The van der Waals surface area contributed by atoms with Gasteiger partial charge < -0.3 is 10.6 Å². The van der Waals surface area contributed by atoms with Gasteiger partial charge in [0.1, 0.15) is 0 Å². The second-order valence-electron chi connectivity index (χ2n) is 0.316. The summed E-state index contributed by atoms with van der Waals surface area (Å²) in [5.74, 6) is 0. The van der Waals surface area contributed by atoms with Crippen LogP contribution in [0.3, 0.4) is 0 Å². The molecule has 3 N–H and O–H groups in total. The summed E-state index contributed by atoms with van der Waals surface area (Å²) in [5.41, 5.74) is 0. The Hall–Kier alpha value is 1.17. The number of rotatable bonds is 0. The second kappa shape index (κ2) is 58.0. The Morgan fingerprint density at radius 2 is 1.43 bits per heavy atom. The maximum absolute atomic E-state index is 7.57. The van der Waals surface area contributed by atoms with Crippen molar-refractivity contribution >= 4 is 11.9 Å². The normalized spacial score (nSPS) is 3.43. The van der Waals surface area contributed by atoms with Crippen LogP contribution in [0.1, 0.15) is 6.92 Å². The summed E-state index contributed by atoms with van der Waals surface area (Å²) >= 11 is 3.64. The molecule has 0 bridgehead atoms. The molecule has 0 aromatic heterocycles. The van der Waals surface area contributed by atoms with E-state index in [0.29, 0.717) is 0 Å². The Morgan fingerprint density at radius 1 is 1.43 bits per heavy atom.